The Bertz CT molecular complexity index is 416. The Morgan fingerprint density at radius 3 is 2.38 bits per heavy atom. The number of methoxy groups -OCH3 is 1. The van der Waals surface area contributed by atoms with Crippen molar-refractivity contribution < 1.29 is 34.1 Å². The molecule has 3 atom stereocenters. The molecule has 0 aliphatic carbocycles. The summed E-state index contributed by atoms with van der Waals surface area (Å²) in [7, 11) is 2.20. The van der Waals surface area contributed by atoms with Gasteiger partial charge in [-0.1, -0.05) is 6.08 Å². The lowest BCUT2D eigenvalue weighted by Crippen LogP contribution is -2.43. The smallest absolute Gasteiger partial charge is 0.326 e. The van der Waals surface area contributed by atoms with Crippen LogP contribution in [0, 0.1) is 0 Å². The second-order valence-corrected chi connectivity index (χ2v) is 4.77. The number of aliphatic hydroxyl groups excluding tert-OH is 2. The predicted molar refractivity (Wildman–Crippen MR) is 90.3 cm³/mol. The lowest BCUT2D eigenvalue weighted by atomic mass is 10.2. The first kappa shape index (κ1) is 24.6. The van der Waals surface area contributed by atoms with Crippen molar-refractivity contribution in [3.8, 4) is 0 Å². The van der Waals surface area contributed by atoms with Crippen LogP contribution in [-0.4, -0.2) is 72.8 Å². The van der Waals surface area contributed by atoms with E-state index in [-0.39, 0.29) is 13.0 Å². The molecule has 3 unspecified atom stereocenters. The number of nitrogens with two attached hydrogens (primary N) is 1. The number of nitrogens with one attached hydrogen (secondary N) is 1. The molecule has 0 aromatic rings. The molecule has 0 saturated heterocycles. The van der Waals surface area contributed by atoms with Gasteiger partial charge in [0.15, 0.2) is 0 Å². The number of thiol groups is 1. The summed E-state index contributed by atoms with van der Waals surface area (Å²) >= 11 is 3.98. The quantitative estimate of drug-likeness (QED) is 0.186. The van der Waals surface area contributed by atoms with Gasteiger partial charge in [-0.2, -0.15) is 12.6 Å². The molecule has 0 aliphatic heterocycles. The highest BCUT2D eigenvalue weighted by molar-refractivity contribution is 7.80. The Morgan fingerprint density at radius 1 is 1.33 bits per heavy atom. The van der Waals surface area contributed by atoms with Crippen molar-refractivity contribution in [1.29, 1.82) is 0 Å². The number of esters is 2. The molecule has 0 rings (SSSR count). The molecule has 5 N–H and O–H groups in total. The van der Waals surface area contributed by atoms with Crippen LogP contribution < -0.4 is 11.1 Å². The summed E-state index contributed by atoms with van der Waals surface area (Å²) in [4.78, 5) is 34.3. The number of hydrogen-bond acceptors (Lipinski definition) is 9. The topological polar surface area (TPSA) is 148 Å². The highest BCUT2D eigenvalue weighted by atomic mass is 32.1. The van der Waals surface area contributed by atoms with E-state index in [1.807, 2.05) is 0 Å². The molecule has 24 heavy (non-hydrogen) atoms. The summed E-state index contributed by atoms with van der Waals surface area (Å²) in [6, 6.07) is -1.20. The molecule has 9 nitrogen and oxygen atoms in total. The number of rotatable bonds is 9. The number of ether oxygens (including phenoxy) is 2. The van der Waals surface area contributed by atoms with Crippen LogP contribution in [0.1, 0.15) is 13.3 Å². The van der Waals surface area contributed by atoms with Gasteiger partial charge in [0.25, 0.3) is 0 Å². The molecule has 0 aromatic heterocycles. The van der Waals surface area contributed by atoms with Gasteiger partial charge in [-0.3, -0.25) is 14.4 Å². The van der Waals surface area contributed by atoms with Gasteiger partial charge in [0.05, 0.1) is 19.6 Å². The highest BCUT2D eigenvalue weighted by Gasteiger charge is 2.24. The molecule has 1 amide bonds. The number of amides is 1. The largest absolute Gasteiger partial charge is 0.468 e. The summed E-state index contributed by atoms with van der Waals surface area (Å²) in [5.74, 6) is -1.54. The van der Waals surface area contributed by atoms with Crippen LogP contribution in [0.3, 0.4) is 0 Å². The molecular weight excluding hydrogens is 340 g/mol. The van der Waals surface area contributed by atoms with Crippen molar-refractivity contribution in [2.24, 2.45) is 5.73 Å². The zero-order valence-electron chi connectivity index (χ0n) is 14.0. The first-order chi connectivity index (χ1) is 11.3. The Hall–Kier alpha value is -1.62. The minimum absolute atomic E-state index is 0.195. The summed E-state index contributed by atoms with van der Waals surface area (Å²) in [5.41, 5.74) is 5.46. The van der Waals surface area contributed by atoms with Crippen molar-refractivity contribution in [2.75, 3.05) is 26.5 Å². The Balaban J connectivity index is 0. The molecule has 0 saturated carbocycles. The maximum atomic E-state index is 11.7. The summed E-state index contributed by atoms with van der Waals surface area (Å²) in [5, 5.41) is 18.6. The fourth-order valence-electron chi connectivity index (χ4n) is 1.28. The molecule has 10 heteroatoms. The number of hydrogen-bond donors (Lipinski definition) is 5. The van der Waals surface area contributed by atoms with E-state index in [1.54, 1.807) is 6.08 Å². The Morgan fingerprint density at radius 2 is 1.92 bits per heavy atom. The van der Waals surface area contributed by atoms with Gasteiger partial charge in [0, 0.05) is 12.9 Å². The van der Waals surface area contributed by atoms with E-state index in [4.69, 9.17) is 15.6 Å². The van der Waals surface area contributed by atoms with Crippen molar-refractivity contribution in [2.45, 2.75) is 31.6 Å². The van der Waals surface area contributed by atoms with Crippen LogP contribution in [-0.2, 0) is 23.9 Å². The van der Waals surface area contributed by atoms with E-state index in [0.29, 0.717) is 5.75 Å². The molecule has 0 spiro atoms. The number of carbonyl (C=O) groups excluding carboxylic acids is 3. The van der Waals surface area contributed by atoms with Crippen LogP contribution in [0.4, 0.5) is 0 Å². The van der Waals surface area contributed by atoms with Crippen LogP contribution in [0.25, 0.3) is 0 Å². The van der Waals surface area contributed by atoms with E-state index < -0.39 is 36.1 Å². The molecule has 0 aromatic carbocycles. The van der Waals surface area contributed by atoms with Gasteiger partial charge >= 0.3 is 11.9 Å². The average molecular weight is 366 g/mol. The SMILES string of the molecule is CO.COC(=O)CNC(=O)CC(/C=C/CS)OC(=O)C(N)C(C)O. The lowest BCUT2D eigenvalue weighted by Gasteiger charge is -2.18. The first-order valence-corrected chi connectivity index (χ1v) is 7.65. The minimum atomic E-state index is -1.20. The van der Waals surface area contributed by atoms with E-state index >= 15 is 0 Å². The zero-order chi connectivity index (χ0) is 19.1. The van der Waals surface area contributed by atoms with Crippen molar-refractivity contribution >= 4 is 30.5 Å². The normalized spacial score (nSPS) is 14.0. The monoisotopic (exact) mass is 366 g/mol. The summed E-state index contributed by atoms with van der Waals surface area (Å²) < 4.78 is 9.44. The van der Waals surface area contributed by atoms with Gasteiger partial charge in [0.1, 0.15) is 18.7 Å². The van der Waals surface area contributed by atoms with Gasteiger partial charge in [-0.05, 0) is 13.0 Å². The maximum absolute atomic E-state index is 11.7. The molecule has 0 heterocycles. The number of carbonyl (C=O) groups is 3. The first-order valence-electron chi connectivity index (χ1n) is 7.01. The second kappa shape index (κ2) is 14.9. The lowest BCUT2D eigenvalue weighted by molar-refractivity contribution is -0.152. The Labute approximate surface area is 146 Å². The fraction of sp³-hybridized carbons (Fsp3) is 0.643. The molecule has 0 aliphatic rings. The minimum Gasteiger partial charge on any atom is -0.468 e. The van der Waals surface area contributed by atoms with E-state index in [2.05, 4.69) is 22.7 Å². The molecule has 0 fully saturated rings. The van der Waals surface area contributed by atoms with Gasteiger partial charge in [-0.15, -0.1) is 0 Å². The Kier molecular flexibility index (Phi) is 15.3. The zero-order valence-corrected chi connectivity index (χ0v) is 14.9. The third kappa shape index (κ3) is 11.9. The van der Waals surface area contributed by atoms with E-state index in [1.165, 1.54) is 20.1 Å². The standard InChI is InChI=1S/C13H22N2O6S.CH4O/c1-8(16)12(14)13(19)21-9(4-3-5-22)6-10(17)15-7-11(18)20-2;1-2/h3-4,8-9,12,16,22H,5-7,14H2,1-2H3,(H,15,17);2H,1H3/b4-3+;. The third-order valence-electron chi connectivity index (χ3n) is 2.56. The van der Waals surface area contributed by atoms with Crippen LogP contribution in [0.2, 0.25) is 0 Å². The van der Waals surface area contributed by atoms with Gasteiger partial charge < -0.3 is 30.7 Å². The molecular formula is C14H26N2O7S. The van der Waals surface area contributed by atoms with E-state index in [9.17, 15) is 19.5 Å². The molecule has 0 radical (unpaired) electrons. The van der Waals surface area contributed by atoms with Crippen molar-refractivity contribution in [1.82, 2.24) is 5.32 Å². The highest BCUT2D eigenvalue weighted by Crippen LogP contribution is 2.05. The van der Waals surface area contributed by atoms with Gasteiger partial charge in [0.2, 0.25) is 5.91 Å². The fourth-order valence-corrected chi connectivity index (χ4v) is 1.41. The second-order valence-electron chi connectivity index (χ2n) is 4.41. The summed E-state index contributed by atoms with van der Waals surface area (Å²) in [6.45, 7) is 1.08. The maximum Gasteiger partial charge on any atom is 0.326 e. The predicted octanol–water partition coefficient (Wildman–Crippen LogP) is -1.62. The van der Waals surface area contributed by atoms with Crippen LogP contribution in [0.5, 0.6) is 0 Å². The molecule has 0 bridgehead atoms. The third-order valence-corrected chi connectivity index (χ3v) is 2.77. The summed E-state index contributed by atoms with van der Waals surface area (Å²) in [6.07, 6.45) is 0.941. The average Bonchev–Trinajstić information content (AvgIpc) is 2.58. The van der Waals surface area contributed by atoms with Gasteiger partial charge in [-0.25, -0.2) is 0 Å². The van der Waals surface area contributed by atoms with Crippen LogP contribution in [0.15, 0.2) is 12.2 Å². The number of aliphatic hydroxyl groups is 2. The van der Waals surface area contributed by atoms with Crippen molar-refractivity contribution in [3.63, 3.8) is 0 Å². The van der Waals surface area contributed by atoms with Crippen LogP contribution >= 0.6 is 12.6 Å². The van der Waals surface area contributed by atoms with Crippen molar-refractivity contribution in [3.05, 3.63) is 12.2 Å². The molecule has 140 valence electrons. The van der Waals surface area contributed by atoms with E-state index in [0.717, 1.165) is 7.11 Å².